The molecule has 0 saturated carbocycles. The van der Waals surface area contributed by atoms with Crippen molar-refractivity contribution in [2.45, 2.75) is 44.2 Å². The van der Waals surface area contributed by atoms with Crippen LogP contribution in [-0.2, 0) is 14.2 Å². The molecule has 0 radical (unpaired) electrons. The Morgan fingerprint density at radius 1 is 1.29 bits per heavy atom. The van der Waals surface area contributed by atoms with Gasteiger partial charge in [-0.15, -0.1) is 0 Å². The third-order valence-electron chi connectivity index (χ3n) is 3.62. The number of hydrogen-bond donors (Lipinski definition) is 1. The topological polar surface area (TPSA) is 57.2 Å². The molecular formula is C16H20O5. The summed E-state index contributed by atoms with van der Waals surface area (Å²) in [6, 6.07) is 7.66. The number of benzene rings is 1. The lowest BCUT2D eigenvalue weighted by Crippen LogP contribution is -2.33. The first-order chi connectivity index (χ1) is 9.98. The van der Waals surface area contributed by atoms with Crippen LogP contribution in [0.15, 0.2) is 30.3 Å². The maximum Gasteiger partial charge on any atom is 0.190 e. The summed E-state index contributed by atoms with van der Waals surface area (Å²) in [4.78, 5) is 0. The molecule has 0 aliphatic carbocycles. The first-order valence-corrected chi connectivity index (χ1v) is 7.00. The zero-order valence-corrected chi connectivity index (χ0v) is 12.4. The SMILES string of the molecule is COc1cccc(/C=C/[C@H]2O[C@@H]3OC(C)(C)O[C@@H]3[C@H]2O)c1. The molecule has 0 aromatic heterocycles. The second-order valence-corrected chi connectivity index (χ2v) is 5.70. The molecule has 2 aliphatic rings. The van der Waals surface area contributed by atoms with Gasteiger partial charge in [0.25, 0.3) is 0 Å². The van der Waals surface area contributed by atoms with E-state index >= 15 is 0 Å². The van der Waals surface area contributed by atoms with Crippen LogP contribution in [0.5, 0.6) is 5.75 Å². The molecular weight excluding hydrogens is 272 g/mol. The van der Waals surface area contributed by atoms with Gasteiger partial charge in [-0.25, -0.2) is 0 Å². The fourth-order valence-electron chi connectivity index (χ4n) is 2.63. The molecule has 114 valence electrons. The standard InChI is InChI=1S/C16H20O5/c1-16(2)20-14-13(17)12(19-15(14)21-16)8-7-10-5-4-6-11(9-10)18-3/h4-9,12-15,17H,1-3H3/b8-7+/t12-,13+,14-,15-/m1/s1. The van der Waals surface area contributed by atoms with Gasteiger partial charge in [0.15, 0.2) is 12.1 Å². The lowest BCUT2D eigenvalue weighted by Gasteiger charge is -2.21. The molecule has 2 heterocycles. The zero-order valence-electron chi connectivity index (χ0n) is 12.4. The second kappa shape index (κ2) is 5.42. The highest BCUT2D eigenvalue weighted by molar-refractivity contribution is 5.52. The minimum Gasteiger partial charge on any atom is -0.497 e. The van der Waals surface area contributed by atoms with E-state index in [9.17, 15) is 5.11 Å². The smallest absolute Gasteiger partial charge is 0.190 e. The van der Waals surface area contributed by atoms with Crippen molar-refractivity contribution in [1.29, 1.82) is 0 Å². The number of ether oxygens (including phenoxy) is 4. The van der Waals surface area contributed by atoms with Crippen molar-refractivity contribution in [1.82, 2.24) is 0 Å². The van der Waals surface area contributed by atoms with E-state index in [-0.39, 0.29) is 0 Å². The molecule has 1 N–H and O–H groups in total. The fourth-order valence-corrected chi connectivity index (χ4v) is 2.63. The van der Waals surface area contributed by atoms with E-state index in [1.165, 1.54) is 0 Å². The average Bonchev–Trinajstić information content (AvgIpc) is 2.90. The van der Waals surface area contributed by atoms with E-state index in [1.807, 2.05) is 50.3 Å². The van der Waals surface area contributed by atoms with Crippen LogP contribution >= 0.6 is 0 Å². The predicted molar refractivity (Wildman–Crippen MR) is 76.7 cm³/mol. The minimum atomic E-state index is -0.737. The number of aliphatic hydroxyl groups excluding tert-OH is 1. The predicted octanol–water partition coefficient (Wildman–Crippen LogP) is 1.95. The molecule has 1 aromatic rings. The van der Waals surface area contributed by atoms with Crippen LogP contribution in [0.4, 0.5) is 0 Å². The maximum absolute atomic E-state index is 10.3. The fraction of sp³-hybridized carbons (Fsp3) is 0.500. The summed E-state index contributed by atoms with van der Waals surface area (Å²) >= 11 is 0. The van der Waals surface area contributed by atoms with Crippen LogP contribution in [0.3, 0.4) is 0 Å². The molecule has 3 rings (SSSR count). The molecule has 4 atom stereocenters. The number of rotatable bonds is 3. The Hall–Kier alpha value is -1.40. The lowest BCUT2D eigenvalue weighted by molar-refractivity contribution is -0.209. The lowest BCUT2D eigenvalue weighted by atomic mass is 10.1. The van der Waals surface area contributed by atoms with Crippen molar-refractivity contribution in [2.75, 3.05) is 7.11 Å². The third-order valence-corrected chi connectivity index (χ3v) is 3.62. The summed E-state index contributed by atoms with van der Waals surface area (Å²) in [5, 5.41) is 10.3. The summed E-state index contributed by atoms with van der Waals surface area (Å²) in [6.07, 6.45) is 1.57. The molecule has 2 saturated heterocycles. The van der Waals surface area contributed by atoms with Gasteiger partial charge in [-0.3, -0.25) is 0 Å². The molecule has 5 nitrogen and oxygen atoms in total. The summed E-state index contributed by atoms with van der Waals surface area (Å²) in [5.74, 6) is 0.0768. The van der Waals surface area contributed by atoms with Crippen molar-refractivity contribution in [3.63, 3.8) is 0 Å². The van der Waals surface area contributed by atoms with Crippen LogP contribution in [0, 0.1) is 0 Å². The molecule has 1 aromatic carbocycles. The zero-order chi connectivity index (χ0) is 15.0. The van der Waals surface area contributed by atoms with Crippen LogP contribution in [0.25, 0.3) is 6.08 Å². The van der Waals surface area contributed by atoms with Gasteiger partial charge in [-0.2, -0.15) is 0 Å². The highest BCUT2D eigenvalue weighted by Crippen LogP contribution is 2.37. The van der Waals surface area contributed by atoms with E-state index in [4.69, 9.17) is 18.9 Å². The van der Waals surface area contributed by atoms with Crippen LogP contribution in [-0.4, -0.2) is 42.6 Å². The Balaban J connectivity index is 1.68. The summed E-state index contributed by atoms with van der Waals surface area (Å²) < 4.78 is 22.1. The average molecular weight is 292 g/mol. The van der Waals surface area contributed by atoms with Crippen molar-refractivity contribution >= 4 is 6.08 Å². The number of methoxy groups -OCH3 is 1. The van der Waals surface area contributed by atoms with Crippen LogP contribution in [0.1, 0.15) is 19.4 Å². The first-order valence-electron chi connectivity index (χ1n) is 7.00. The maximum atomic E-state index is 10.3. The third kappa shape index (κ3) is 2.96. The van der Waals surface area contributed by atoms with Crippen molar-refractivity contribution in [2.24, 2.45) is 0 Å². The summed E-state index contributed by atoms with van der Waals surface area (Å²) in [6.45, 7) is 3.62. The highest BCUT2D eigenvalue weighted by atomic mass is 16.8. The minimum absolute atomic E-state index is 0.442. The highest BCUT2D eigenvalue weighted by Gasteiger charge is 2.53. The van der Waals surface area contributed by atoms with Crippen molar-refractivity contribution in [3.05, 3.63) is 35.9 Å². The Kier molecular flexibility index (Phi) is 3.75. The van der Waals surface area contributed by atoms with Gasteiger partial charge in [0.2, 0.25) is 0 Å². The van der Waals surface area contributed by atoms with E-state index in [0.29, 0.717) is 0 Å². The molecule has 5 heteroatoms. The van der Waals surface area contributed by atoms with E-state index < -0.39 is 30.4 Å². The van der Waals surface area contributed by atoms with Crippen LogP contribution < -0.4 is 4.74 Å². The van der Waals surface area contributed by atoms with E-state index in [0.717, 1.165) is 11.3 Å². The van der Waals surface area contributed by atoms with Gasteiger partial charge >= 0.3 is 0 Å². The molecule has 0 bridgehead atoms. The second-order valence-electron chi connectivity index (χ2n) is 5.70. The molecule has 2 fully saturated rings. The monoisotopic (exact) mass is 292 g/mol. The van der Waals surface area contributed by atoms with Gasteiger partial charge in [0.1, 0.15) is 24.1 Å². The van der Waals surface area contributed by atoms with Crippen LogP contribution in [0.2, 0.25) is 0 Å². The van der Waals surface area contributed by atoms with Crippen molar-refractivity contribution in [3.8, 4) is 5.75 Å². The van der Waals surface area contributed by atoms with Gasteiger partial charge in [0.05, 0.1) is 7.11 Å². The molecule has 0 unspecified atom stereocenters. The molecule has 2 aliphatic heterocycles. The van der Waals surface area contributed by atoms with Crippen molar-refractivity contribution < 1.29 is 24.1 Å². The first kappa shape index (κ1) is 14.5. The number of fused-ring (bicyclic) bond motifs is 1. The Bertz CT molecular complexity index is 539. The van der Waals surface area contributed by atoms with E-state index in [2.05, 4.69) is 0 Å². The normalized spacial score (nSPS) is 34.3. The van der Waals surface area contributed by atoms with E-state index in [1.54, 1.807) is 7.11 Å². The van der Waals surface area contributed by atoms with Gasteiger partial charge < -0.3 is 24.1 Å². The largest absolute Gasteiger partial charge is 0.497 e. The Morgan fingerprint density at radius 2 is 2.10 bits per heavy atom. The van der Waals surface area contributed by atoms with Gasteiger partial charge in [-0.1, -0.05) is 24.3 Å². The molecule has 0 spiro atoms. The Labute approximate surface area is 124 Å². The molecule has 21 heavy (non-hydrogen) atoms. The van der Waals surface area contributed by atoms with Gasteiger partial charge in [0, 0.05) is 0 Å². The summed E-state index contributed by atoms with van der Waals surface area (Å²) in [7, 11) is 1.63. The quantitative estimate of drug-likeness (QED) is 0.922. The Morgan fingerprint density at radius 3 is 2.81 bits per heavy atom. The number of aliphatic hydroxyl groups is 1. The molecule has 0 amide bonds. The summed E-state index contributed by atoms with van der Waals surface area (Å²) in [5.41, 5.74) is 0.976. The van der Waals surface area contributed by atoms with Gasteiger partial charge in [-0.05, 0) is 31.5 Å². The number of hydrogen-bond acceptors (Lipinski definition) is 5.